The van der Waals surface area contributed by atoms with Gasteiger partial charge in [0.15, 0.2) is 0 Å². The Bertz CT molecular complexity index is 980. The summed E-state index contributed by atoms with van der Waals surface area (Å²) in [5.74, 6) is 1.07. The highest BCUT2D eigenvalue weighted by atomic mass is 32.2. The van der Waals surface area contributed by atoms with Gasteiger partial charge >= 0.3 is 0 Å². The molecule has 0 saturated carbocycles. The average molecular weight is 382 g/mol. The highest BCUT2D eigenvalue weighted by Gasteiger charge is 2.07. The van der Waals surface area contributed by atoms with E-state index in [9.17, 15) is 4.79 Å². The first-order valence-electron chi connectivity index (χ1n) is 7.83. The summed E-state index contributed by atoms with van der Waals surface area (Å²) in [6.45, 7) is 0. The topological polar surface area (TPSA) is 85.6 Å². The number of benzene rings is 2. The van der Waals surface area contributed by atoms with Crippen LogP contribution in [0.4, 0.5) is 5.69 Å². The molecule has 0 fully saturated rings. The summed E-state index contributed by atoms with van der Waals surface area (Å²) in [5.41, 5.74) is 2.59. The summed E-state index contributed by atoms with van der Waals surface area (Å²) in [5, 5.41) is 14.9. The van der Waals surface area contributed by atoms with Crippen molar-refractivity contribution in [1.82, 2.24) is 25.2 Å². The Morgan fingerprint density at radius 1 is 1.15 bits per heavy atom. The van der Waals surface area contributed by atoms with E-state index in [1.165, 1.54) is 11.0 Å². The Morgan fingerprint density at radius 3 is 2.77 bits per heavy atom. The quantitative estimate of drug-likeness (QED) is 0.551. The van der Waals surface area contributed by atoms with Crippen molar-refractivity contribution in [2.24, 2.45) is 0 Å². The summed E-state index contributed by atoms with van der Waals surface area (Å²) in [7, 11) is 0. The van der Waals surface area contributed by atoms with Gasteiger partial charge in [-0.2, -0.15) is 0 Å². The van der Waals surface area contributed by atoms with Crippen LogP contribution < -0.4 is 5.32 Å². The summed E-state index contributed by atoms with van der Waals surface area (Å²) in [4.78, 5) is 16.7. The molecule has 0 aliphatic rings. The fourth-order valence-electron chi connectivity index (χ4n) is 2.39. The van der Waals surface area contributed by atoms with E-state index in [1.54, 1.807) is 27.8 Å². The molecule has 0 saturated heterocycles. The molecule has 0 aliphatic heterocycles. The molecular weight excluding hydrogens is 368 g/mol. The normalized spacial score (nSPS) is 10.9. The number of hydrogen-bond acceptors (Lipinski definition) is 7. The molecule has 2 aromatic heterocycles. The molecule has 2 aromatic carbocycles. The second-order valence-corrected chi connectivity index (χ2v) is 7.52. The summed E-state index contributed by atoms with van der Waals surface area (Å²) < 4.78 is 2.73. The maximum Gasteiger partial charge on any atom is 0.234 e. The van der Waals surface area contributed by atoms with Crippen molar-refractivity contribution in [2.45, 2.75) is 5.75 Å². The van der Waals surface area contributed by atoms with Gasteiger partial charge in [0.25, 0.3) is 0 Å². The monoisotopic (exact) mass is 382 g/mol. The average Bonchev–Trinajstić information content (AvgIpc) is 3.32. The van der Waals surface area contributed by atoms with E-state index < -0.39 is 0 Å². The van der Waals surface area contributed by atoms with Crippen LogP contribution in [-0.4, -0.2) is 36.9 Å². The third-order valence-electron chi connectivity index (χ3n) is 3.56. The van der Waals surface area contributed by atoms with Crippen molar-refractivity contribution >= 4 is 44.9 Å². The molecule has 0 spiro atoms. The molecule has 4 aromatic rings. The zero-order valence-corrected chi connectivity index (χ0v) is 15.2. The standard InChI is InChI=1S/C17H14N6OS2/c24-16(9-25-10-17-20-14-3-1-2-4-15(14)26-17)19-12-5-7-13(8-6-12)23-11-18-21-22-23/h1-8,11H,9-10H2,(H,19,24). The van der Waals surface area contributed by atoms with Gasteiger partial charge in [-0.05, 0) is 46.8 Å². The number of rotatable bonds is 6. The summed E-state index contributed by atoms with van der Waals surface area (Å²) in [6, 6.07) is 15.4. The van der Waals surface area contributed by atoms with Gasteiger partial charge in [0.05, 0.1) is 21.7 Å². The molecular formula is C17H14N6OS2. The second-order valence-electron chi connectivity index (χ2n) is 5.42. The zero-order chi connectivity index (χ0) is 17.8. The fourth-order valence-corrected chi connectivity index (χ4v) is 4.23. The molecule has 7 nitrogen and oxygen atoms in total. The second kappa shape index (κ2) is 7.63. The van der Waals surface area contributed by atoms with Crippen LogP contribution in [0.15, 0.2) is 54.9 Å². The van der Waals surface area contributed by atoms with Gasteiger partial charge < -0.3 is 5.32 Å². The van der Waals surface area contributed by atoms with E-state index in [-0.39, 0.29) is 5.91 Å². The van der Waals surface area contributed by atoms with Gasteiger partial charge in [0.2, 0.25) is 5.91 Å². The minimum Gasteiger partial charge on any atom is -0.325 e. The first-order chi connectivity index (χ1) is 12.8. The molecule has 0 aliphatic carbocycles. The number of thioether (sulfide) groups is 1. The van der Waals surface area contributed by atoms with Crippen LogP contribution in [0.25, 0.3) is 15.9 Å². The molecule has 9 heteroatoms. The number of carbonyl (C=O) groups excluding carboxylic acids is 1. The van der Waals surface area contributed by atoms with Gasteiger partial charge in [0, 0.05) is 11.4 Å². The molecule has 4 rings (SSSR count). The van der Waals surface area contributed by atoms with Crippen LogP contribution in [0.3, 0.4) is 0 Å². The zero-order valence-electron chi connectivity index (χ0n) is 13.6. The predicted octanol–water partition coefficient (Wildman–Crippen LogP) is 3.14. The molecule has 1 N–H and O–H groups in total. The van der Waals surface area contributed by atoms with Crippen LogP contribution in [0.2, 0.25) is 0 Å². The maximum atomic E-state index is 12.1. The SMILES string of the molecule is O=C(CSCc1nc2ccccc2s1)Nc1ccc(-n2cnnn2)cc1. The predicted molar refractivity (Wildman–Crippen MR) is 104 cm³/mol. The van der Waals surface area contributed by atoms with Gasteiger partial charge in [0.1, 0.15) is 11.3 Å². The van der Waals surface area contributed by atoms with Gasteiger partial charge in [-0.3, -0.25) is 4.79 Å². The third-order valence-corrected chi connectivity index (χ3v) is 5.72. The molecule has 26 heavy (non-hydrogen) atoms. The number of nitrogens with zero attached hydrogens (tertiary/aromatic N) is 5. The van der Waals surface area contributed by atoms with Crippen molar-refractivity contribution in [3.63, 3.8) is 0 Å². The van der Waals surface area contributed by atoms with Crippen molar-refractivity contribution in [3.8, 4) is 5.69 Å². The number of tetrazole rings is 1. The summed E-state index contributed by atoms with van der Waals surface area (Å²) >= 11 is 3.23. The molecule has 0 radical (unpaired) electrons. The van der Waals surface area contributed by atoms with Crippen LogP contribution in [-0.2, 0) is 10.5 Å². The molecule has 2 heterocycles. The highest BCUT2D eigenvalue weighted by molar-refractivity contribution is 7.99. The number of anilines is 1. The molecule has 1 amide bonds. The minimum absolute atomic E-state index is 0.0358. The fraction of sp³-hybridized carbons (Fsp3) is 0.118. The Morgan fingerprint density at radius 2 is 2.00 bits per heavy atom. The highest BCUT2D eigenvalue weighted by Crippen LogP contribution is 2.24. The van der Waals surface area contributed by atoms with Crippen molar-refractivity contribution in [2.75, 3.05) is 11.1 Å². The van der Waals surface area contributed by atoms with Crippen LogP contribution in [0, 0.1) is 0 Å². The number of para-hydroxylation sites is 1. The van der Waals surface area contributed by atoms with E-state index in [4.69, 9.17) is 0 Å². The third kappa shape index (κ3) is 3.89. The number of fused-ring (bicyclic) bond motifs is 1. The molecule has 0 bridgehead atoms. The van der Waals surface area contributed by atoms with Crippen LogP contribution in [0.5, 0.6) is 0 Å². The Labute approximate surface area is 157 Å². The smallest absolute Gasteiger partial charge is 0.234 e. The first-order valence-corrected chi connectivity index (χ1v) is 9.80. The molecule has 130 valence electrons. The number of carbonyl (C=O) groups is 1. The number of amides is 1. The lowest BCUT2D eigenvalue weighted by Gasteiger charge is -2.06. The van der Waals surface area contributed by atoms with Gasteiger partial charge in [-0.1, -0.05) is 12.1 Å². The molecule has 0 atom stereocenters. The molecule has 0 unspecified atom stereocenters. The van der Waals surface area contributed by atoms with E-state index in [1.807, 2.05) is 42.5 Å². The van der Waals surface area contributed by atoms with E-state index in [2.05, 4.69) is 31.9 Å². The van der Waals surface area contributed by atoms with E-state index >= 15 is 0 Å². The van der Waals surface area contributed by atoms with Crippen LogP contribution >= 0.6 is 23.1 Å². The lowest BCUT2D eigenvalue weighted by Crippen LogP contribution is -2.14. The maximum absolute atomic E-state index is 12.1. The van der Waals surface area contributed by atoms with Gasteiger partial charge in [-0.15, -0.1) is 28.2 Å². The van der Waals surface area contributed by atoms with Crippen molar-refractivity contribution in [1.29, 1.82) is 0 Å². The van der Waals surface area contributed by atoms with E-state index in [0.717, 1.165) is 27.7 Å². The van der Waals surface area contributed by atoms with E-state index in [0.29, 0.717) is 5.75 Å². The number of aromatic nitrogens is 5. The lowest BCUT2D eigenvalue weighted by molar-refractivity contribution is -0.113. The van der Waals surface area contributed by atoms with Crippen LogP contribution in [0.1, 0.15) is 5.01 Å². The van der Waals surface area contributed by atoms with Gasteiger partial charge in [-0.25, -0.2) is 9.67 Å². The first kappa shape index (κ1) is 16.7. The minimum atomic E-state index is -0.0358. The Hall–Kier alpha value is -2.78. The Balaban J connectivity index is 1.28. The number of thiazole rings is 1. The van der Waals surface area contributed by atoms with Crippen molar-refractivity contribution < 1.29 is 4.79 Å². The number of nitrogens with one attached hydrogen (secondary N) is 1. The Kier molecular flexibility index (Phi) is 4.89. The largest absolute Gasteiger partial charge is 0.325 e. The summed E-state index contributed by atoms with van der Waals surface area (Å²) in [6.07, 6.45) is 1.52. The van der Waals surface area contributed by atoms with Crippen molar-refractivity contribution in [3.05, 3.63) is 59.9 Å². The lowest BCUT2D eigenvalue weighted by atomic mass is 10.3. The number of hydrogen-bond donors (Lipinski definition) is 1.